The van der Waals surface area contributed by atoms with Crippen LogP contribution in [0.5, 0.6) is 0 Å². The molecule has 5 rings (SSSR count). The summed E-state index contributed by atoms with van der Waals surface area (Å²) in [6.07, 6.45) is 1.50. The normalized spacial score (nSPS) is 20.6. The topological polar surface area (TPSA) is 20.2 Å². The van der Waals surface area contributed by atoms with E-state index in [0.29, 0.717) is 0 Å². The van der Waals surface area contributed by atoms with Crippen LogP contribution < -0.4 is 0 Å². The average Bonchev–Trinajstić information content (AvgIpc) is 2.64. The van der Waals surface area contributed by atoms with Crippen LogP contribution in [-0.2, 0) is 6.42 Å². The molecule has 0 spiro atoms. The molecule has 0 heterocycles. The fourth-order valence-electron chi connectivity index (χ4n) is 4.28. The second kappa shape index (κ2) is 5.30. The summed E-state index contributed by atoms with van der Waals surface area (Å²) in [5, 5.41) is 18.5. The first kappa shape index (κ1) is 14.4. The molecule has 2 heteroatoms. The highest BCUT2D eigenvalue weighted by atomic mass is 79.9. The Morgan fingerprint density at radius 1 is 0.792 bits per heavy atom. The van der Waals surface area contributed by atoms with Gasteiger partial charge in [0.15, 0.2) is 0 Å². The molecule has 0 fully saturated rings. The number of aliphatic hydroxyl groups is 1. The van der Waals surface area contributed by atoms with Gasteiger partial charge in [0.2, 0.25) is 0 Å². The van der Waals surface area contributed by atoms with Crippen molar-refractivity contribution >= 4 is 48.2 Å². The third kappa shape index (κ3) is 1.90. The number of fused-ring (bicyclic) bond motifs is 8. The minimum Gasteiger partial charge on any atom is -0.387 e. The van der Waals surface area contributed by atoms with Gasteiger partial charge in [-0.3, -0.25) is 0 Å². The van der Waals surface area contributed by atoms with Gasteiger partial charge < -0.3 is 5.11 Å². The second-order valence-corrected chi connectivity index (χ2v) is 7.82. The molecule has 0 aliphatic heterocycles. The minimum atomic E-state index is -0.466. The van der Waals surface area contributed by atoms with Crippen molar-refractivity contribution in [1.82, 2.24) is 0 Å². The zero-order valence-corrected chi connectivity index (χ0v) is 14.8. The van der Waals surface area contributed by atoms with Crippen molar-refractivity contribution in [3.8, 4) is 0 Å². The highest BCUT2D eigenvalue weighted by Crippen LogP contribution is 2.45. The Morgan fingerprint density at radius 2 is 1.50 bits per heavy atom. The van der Waals surface area contributed by atoms with E-state index in [0.717, 1.165) is 18.4 Å². The van der Waals surface area contributed by atoms with Gasteiger partial charge in [0.1, 0.15) is 0 Å². The largest absolute Gasteiger partial charge is 0.387 e. The standard InChI is InChI=1S/C22H17BrO/c23-19-12-11-18-16-8-4-3-7-15(16)17-10-9-13-5-1-2-6-14(13)20(17)21(18)22(19)24/h1-10,19,22,24H,11-12H2/t19-,22+/m1/s1. The first-order valence-electron chi connectivity index (χ1n) is 8.43. The van der Waals surface area contributed by atoms with E-state index in [1.165, 1.54) is 37.9 Å². The van der Waals surface area contributed by atoms with Crippen LogP contribution in [0.4, 0.5) is 0 Å². The molecule has 0 saturated carbocycles. The Labute approximate surface area is 149 Å². The molecule has 1 aliphatic carbocycles. The maximum Gasteiger partial charge on any atom is 0.0924 e. The van der Waals surface area contributed by atoms with Gasteiger partial charge in [0, 0.05) is 4.83 Å². The number of hydrogen-bond donors (Lipinski definition) is 1. The quantitative estimate of drug-likeness (QED) is 0.299. The molecule has 0 saturated heterocycles. The molecule has 4 aromatic carbocycles. The van der Waals surface area contributed by atoms with Crippen molar-refractivity contribution in [3.05, 3.63) is 71.8 Å². The first-order chi connectivity index (χ1) is 11.8. The van der Waals surface area contributed by atoms with E-state index in [1.54, 1.807) is 0 Å². The molecule has 1 N–H and O–H groups in total. The molecule has 0 aromatic heterocycles. The number of aliphatic hydroxyl groups excluding tert-OH is 1. The van der Waals surface area contributed by atoms with Crippen molar-refractivity contribution in [2.45, 2.75) is 23.8 Å². The zero-order chi connectivity index (χ0) is 16.3. The van der Waals surface area contributed by atoms with Crippen molar-refractivity contribution in [3.63, 3.8) is 0 Å². The lowest BCUT2D eigenvalue weighted by molar-refractivity contribution is 0.167. The predicted octanol–water partition coefficient (Wildman–Crippen LogP) is 5.89. The molecule has 2 atom stereocenters. The minimum absolute atomic E-state index is 0.119. The van der Waals surface area contributed by atoms with Crippen LogP contribution in [0.15, 0.2) is 60.7 Å². The molecule has 1 nitrogen and oxygen atoms in total. The SMILES string of the molecule is O[C@@H]1c2c(c3ccccc3c3ccc4ccccc4c23)CC[C@H]1Br. The fraction of sp³-hybridized carbons (Fsp3) is 0.182. The predicted molar refractivity (Wildman–Crippen MR) is 105 cm³/mol. The summed E-state index contributed by atoms with van der Waals surface area (Å²) in [7, 11) is 0. The number of halogens is 1. The second-order valence-electron chi connectivity index (χ2n) is 6.65. The van der Waals surface area contributed by atoms with Crippen LogP contribution >= 0.6 is 15.9 Å². The van der Waals surface area contributed by atoms with Gasteiger partial charge >= 0.3 is 0 Å². The molecule has 4 aromatic rings. The highest BCUT2D eigenvalue weighted by Gasteiger charge is 2.30. The molecule has 1 aliphatic rings. The third-order valence-corrected chi connectivity index (χ3v) is 6.33. The molecule has 0 bridgehead atoms. The van der Waals surface area contributed by atoms with Crippen LogP contribution in [0, 0.1) is 0 Å². The monoisotopic (exact) mass is 376 g/mol. The van der Waals surface area contributed by atoms with Gasteiger partial charge in [-0.25, -0.2) is 0 Å². The van der Waals surface area contributed by atoms with Gasteiger partial charge in [-0.15, -0.1) is 0 Å². The molecule has 24 heavy (non-hydrogen) atoms. The van der Waals surface area contributed by atoms with E-state index >= 15 is 0 Å². The van der Waals surface area contributed by atoms with Crippen LogP contribution in [0.25, 0.3) is 32.3 Å². The lowest BCUT2D eigenvalue weighted by Gasteiger charge is -2.30. The van der Waals surface area contributed by atoms with E-state index in [2.05, 4.69) is 76.6 Å². The Morgan fingerprint density at radius 3 is 2.33 bits per heavy atom. The number of rotatable bonds is 0. The number of alkyl halides is 1. The molecule has 118 valence electrons. The first-order valence-corrected chi connectivity index (χ1v) is 9.34. The Hall–Kier alpha value is -1.90. The summed E-state index contributed by atoms with van der Waals surface area (Å²) >= 11 is 3.69. The van der Waals surface area contributed by atoms with Gasteiger partial charge in [-0.1, -0.05) is 76.6 Å². The summed E-state index contributed by atoms with van der Waals surface area (Å²) in [5.41, 5.74) is 2.44. The fourth-order valence-corrected chi connectivity index (χ4v) is 4.77. The lowest BCUT2D eigenvalue weighted by atomic mass is 9.80. The molecular formula is C22H17BrO. The molecule has 0 unspecified atom stereocenters. The smallest absolute Gasteiger partial charge is 0.0924 e. The number of aryl methyl sites for hydroxylation is 1. The van der Waals surface area contributed by atoms with E-state index in [4.69, 9.17) is 0 Å². The van der Waals surface area contributed by atoms with Crippen LogP contribution in [-0.4, -0.2) is 9.93 Å². The molecule has 0 radical (unpaired) electrons. The zero-order valence-electron chi connectivity index (χ0n) is 13.2. The summed E-state index contributed by atoms with van der Waals surface area (Å²) < 4.78 is 0. The van der Waals surface area contributed by atoms with E-state index < -0.39 is 6.10 Å². The van der Waals surface area contributed by atoms with Crippen molar-refractivity contribution in [2.75, 3.05) is 0 Å². The van der Waals surface area contributed by atoms with E-state index in [-0.39, 0.29) is 4.83 Å². The van der Waals surface area contributed by atoms with Crippen molar-refractivity contribution in [1.29, 1.82) is 0 Å². The molecule has 0 amide bonds. The summed E-state index contributed by atoms with van der Waals surface area (Å²) in [4.78, 5) is 0.119. The Bertz CT molecular complexity index is 1100. The van der Waals surface area contributed by atoms with Crippen molar-refractivity contribution < 1.29 is 5.11 Å². The summed E-state index contributed by atoms with van der Waals surface area (Å²) in [6.45, 7) is 0. The lowest BCUT2D eigenvalue weighted by Crippen LogP contribution is -2.21. The number of benzene rings is 4. The summed E-state index contributed by atoms with van der Waals surface area (Å²) in [6, 6.07) is 21.5. The van der Waals surface area contributed by atoms with Crippen LogP contribution in [0.2, 0.25) is 0 Å². The van der Waals surface area contributed by atoms with Crippen molar-refractivity contribution in [2.24, 2.45) is 0 Å². The van der Waals surface area contributed by atoms with Gasteiger partial charge in [0.05, 0.1) is 6.10 Å². The maximum atomic E-state index is 11.0. The number of hydrogen-bond acceptors (Lipinski definition) is 1. The molecular weight excluding hydrogens is 360 g/mol. The third-order valence-electron chi connectivity index (χ3n) is 5.37. The van der Waals surface area contributed by atoms with Crippen LogP contribution in [0.3, 0.4) is 0 Å². The van der Waals surface area contributed by atoms with E-state index in [9.17, 15) is 5.11 Å². The van der Waals surface area contributed by atoms with Crippen LogP contribution in [0.1, 0.15) is 23.7 Å². The Balaban J connectivity index is 2.10. The maximum absolute atomic E-state index is 11.0. The summed E-state index contributed by atoms with van der Waals surface area (Å²) in [5.74, 6) is 0. The van der Waals surface area contributed by atoms with Gasteiger partial charge in [0.25, 0.3) is 0 Å². The van der Waals surface area contributed by atoms with Gasteiger partial charge in [-0.2, -0.15) is 0 Å². The van der Waals surface area contributed by atoms with Gasteiger partial charge in [-0.05, 0) is 56.3 Å². The highest BCUT2D eigenvalue weighted by molar-refractivity contribution is 9.09. The van der Waals surface area contributed by atoms with E-state index in [1.807, 2.05) is 0 Å². The Kier molecular flexibility index (Phi) is 3.19. The average molecular weight is 377 g/mol.